The van der Waals surface area contributed by atoms with Gasteiger partial charge in [-0.1, -0.05) is 145 Å². The number of amides is 1. The molecule has 0 fully saturated rings. The largest absolute Gasteiger partial charge is 0.507 e. The molecule has 1 amide bonds. The molecule has 0 heterocycles. The van der Waals surface area contributed by atoms with E-state index < -0.39 is 18.0 Å². The van der Waals surface area contributed by atoms with Gasteiger partial charge < -0.3 is 34.5 Å². The normalized spacial score (nSPS) is 10.1. The Morgan fingerprint density at radius 3 is 1.21 bits per heavy atom. The van der Waals surface area contributed by atoms with Crippen LogP contribution >= 0.6 is 11.6 Å². The molecule has 0 radical (unpaired) electrons. The highest BCUT2D eigenvalue weighted by molar-refractivity contribution is 6.30. The van der Waals surface area contributed by atoms with Crippen LogP contribution in [0.15, 0.2) is 206 Å². The molecule has 0 spiro atoms. The minimum absolute atomic E-state index is 0.0711. The SMILES string of the molecule is CNC(=O)Oc1ccc(Cl)cc1.COc1ccc(C(=O)c2ccccc2)c(O)c1.COc1ccc(C(=O)c2ccccc2)c(O)c1.O=C(OC(=O)c1cccc2ccccc12)c1cccc2ccccc12. The summed E-state index contributed by atoms with van der Waals surface area (Å²) in [5, 5.41) is 25.8. The number of phenols is 2. The molecule has 71 heavy (non-hydrogen) atoms. The molecule has 0 aliphatic carbocycles. The standard InChI is InChI=1S/C22H14O3.2C14H12O3.C8H8ClNO2/c23-21(19-13-5-9-15-7-1-3-11-17(15)19)25-22(24)20-14-6-10-16-8-2-4-12-18(16)20;2*1-17-11-7-8-12(13(15)9-11)14(16)10-5-3-2-4-6-10;1-10-8(11)12-7-4-2-6(9)3-5-7/h1-14H;2*2-9,15H,1H3;2-5H,1H3,(H,10,11). The van der Waals surface area contributed by atoms with Gasteiger partial charge in [0.2, 0.25) is 0 Å². The molecule has 9 rings (SSSR count). The molecular weight excluding hydrogens is 922 g/mol. The number of phenolic OH excluding ortho intramolecular Hbond substituents is 2. The van der Waals surface area contributed by atoms with Crippen molar-refractivity contribution in [2.24, 2.45) is 0 Å². The van der Waals surface area contributed by atoms with Gasteiger partial charge in [-0.15, -0.1) is 0 Å². The van der Waals surface area contributed by atoms with Gasteiger partial charge in [0.25, 0.3) is 0 Å². The van der Waals surface area contributed by atoms with Gasteiger partial charge in [0.05, 0.1) is 36.5 Å². The topological polar surface area (TPSA) is 175 Å². The Labute approximate surface area is 414 Å². The number of ketones is 2. The third-order valence-corrected chi connectivity index (χ3v) is 10.7. The van der Waals surface area contributed by atoms with Crippen LogP contribution in [-0.4, -0.2) is 61.1 Å². The maximum absolute atomic E-state index is 12.5. The van der Waals surface area contributed by atoms with Gasteiger partial charge in [-0.05, 0) is 82.2 Å². The van der Waals surface area contributed by atoms with Crippen LogP contribution in [-0.2, 0) is 4.74 Å². The van der Waals surface area contributed by atoms with E-state index in [0.717, 1.165) is 21.5 Å². The van der Waals surface area contributed by atoms with Crippen LogP contribution in [0, 0.1) is 0 Å². The molecule has 0 aliphatic rings. The number of carbonyl (C=O) groups excluding carboxylic acids is 5. The van der Waals surface area contributed by atoms with E-state index in [1.165, 1.54) is 33.4 Å². The van der Waals surface area contributed by atoms with Crippen molar-refractivity contribution in [3.63, 3.8) is 0 Å². The van der Waals surface area contributed by atoms with E-state index in [4.69, 9.17) is 30.5 Å². The summed E-state index contributed by atoms with van der Waals surface area (Å²) in [5.74, 6) is -0.324. The second-order valence-electron chi connectivity index (χ2n) is 15.0. The third-order valence-electron chi connectivity index (χ3n) is 10.4. The molecule has 0 unspecified atom stereocenters. The van der Waals surface area contributed by atoms with E-state index in [1.807, 2.05) is 72.8 Å². The number of hydrogen-bond acceptors (Lipinski definition) is 11. The summed E-state index contributed by atoms with van der Waals surface area (Å²) >= 11 is 5.63. The number of ether oxygens (including phenoxy) is 4. The first-order valence-electron chi connectivity index (χ1n) is 21.7. The number of esters is 2. The number of benzene rings is 9. The highest BCUT2D eigenvalue weighted by atomic mass is 35.5. The Hall–Kier alpha value is -9.26. The summed E-state index contributed by atoms with van der Waals surface area (Å²) in [4.78, 5) is 59.9. The minimum atomic E-state index is -0.644. The summed E-state index contributed by atoms with van der Waals surface area (Å²) in [5.41, 5.74) is 2.41. The van der Waals surface area contributed by atoms with Crippen LogP contribution in [0.4, 0.5) is 4.79 Å². The Morgan fingerprint density at radius 1 is 0.437 bits per heavy atom. The van der Waals surface area contributed by atoms with Crippen molar-refractivity contribution in [1.82, 2.24) is 5.32 Å². The lowest BCUT2D eigenvalue weighted by molar-refractivity contribution is 0.0400. The molecule has 13 heteroatoms. The van der Waals surface area contributed by atoms with Gasteiger partial charge in [0.1, 0.15) is 28.7 Å². The number of halogens is 1. The minimum Gasteiger partial charge on any atom is -0.507 e. The van der Waals surface area contributed by atoms with Gasteiger partial charge in [0, 0.05) is 35.3 Å². The molecule has 0 aliphatic heterocycles. The first-order chi connectivity index (χ1) is 34.4. The molecule has 0 aromatic heterocycles. The Bertz CT molecular complexity index is 3090. The number of methoxy groups -OCH3 is 2. The van der Waals surface area contributed by atoms with Crippen LogP contribution in [0.1, 0.15) is 52.6 Å². The van der Waals surface area contributed by atoms with Gasteiger partial charge in [0.15, 0.2) is 11.6 Å². The lowest BCUT2D eigenvalue weighted by Gasteiger charge is -2.08. The van der Waals surface area contributed by atoms with E-state index in [-0.39, 0.29) is 34.2 Å². The number of rotatable bonds is 9. The second-order valence-corrected chi connectivity index (χ2v) is 15.4. The van der Waals surface area contributed by atoms with Crippen molar-refractivity contribution in [3.8, 4) is 28.7 Å². The predicted octanol–water partition coefficient (Wildman–Crippen LogP) is 12.3. The van der Waals surface area contributed by atoms with Crippen LogP contribution in [0.5, 0.6) is 28.7 Å². The maximum Gasteiger partial charge on any atom is 0.412 e. The van der Waals surface area contributed by atoms with E-state index >= 15 is 0 Å². The summed E-state index contributed by atoms with van der Waals surface area (Å²) in [6.07, 6.45) is -0.489. The zero-order valence-electron chi connectivity index (χ0n) is 38.6. The molecule has 0 bridgehead atoms. The van der Waals surface area contributed by atoms with Crippen LogP contribution in [0.2, 0.25) is 5.02 Å². The van der Waals surface area contributed by atoms with Crippen molar-refractivity contribution >= 4 is 62.7 Å². The average molecular weight is 968 g/mol. The summed E-state index contributed by atoms with van der Waals surface area (Å²) in [6.45, 7) is 0. The summed E-state index contributed by atoms with van der Waals surface area (Å²) in [6, 6.07) is 59.2. The molecule has 9 aromatic carbocycles. The molecule has 0 saturated heterocycles. The monoisotopic (exact) mass is 967 g/mol. The van der Waals surface area contributed by atoms with Crippen LogP contribution < -0.4 is 19.5 Å². The highest BCUT2D eigenvalue weighted by Gasteiger charge is 2.19. The van der Waals surface area contributed by atoms with Crippen molar-refractivity contribution in [2.45, 2.75) is 0 Å². The molecule has 0 saturated carbocycles. The Balaban J connectivity index is 0.000000161. The fraction of sp³-hybridized carbons (Fsp3) is 0.0517. The smallest absolute Gasteiger partial charge is 0.412 e. The maximum atomic E-state index is 12.5. The first-order valence-corrected chi connectivity index (χ1v) is 22.1. The molecular formula is C58H46ClNO11. The number of hydrogen-bond donors (Lipinski definition) is 3. The van der Waals surface area contributed by atoms with Crippen LogP contribution in [0.3, 0.4) is 0 Å². The number of carbonyl (C=O) groups is 5. The van der Waals surface area contributed by atoms with E-state index in [9.17, 15) is 34.2 Å². The number of nitrogens with one attached hydrogen (secondary N) is 1. The Kier molecular flexibility index (Phi) is 18.2. The molecule has 3 N–H and O–H groups in total. The first kappa shape index (κ1) is 51.1. The summed E-state index contributed by atoms with van der Waals surface area (Å²) < 4.78 is 19.9. The van der Waals surface area contributed by atoms with Crippen molar-refractivity contribution in [2.75, 3.05) is 21.3 Å². The number of aromatic hydroxyl groups is 2. The van der Waals surface area contributed by atoms with E-state index in [0.29, 0.717) is 44.5 Å². The fourth-order valence-corrected chi connectivity index (χ4v) is 6.94. The molecule has 12 nitrogen and oxygen atoms in total. The lowest BCUT2D eigenvalue weighted by Crippen LogP contribution is -2.21. The van der Waals surface area contributed by atoms with Crippen molar-refractivity contribution in [3.05, 3.63) is 245 Å². The lowest BCUT2D eigenvalue weighted by atomic mass is 10.0. The van der Waals surface area contributed by atoms with E-state index in [2.05, 4.69) is 5.32 Å². The zero-order chi connectivity index (χ0) is 50.7. The fourth-order valence-electron chi connectivity index (χ4n) is 6.81. The van der Waals surface area contributed by atoms with Gasteiger partial charge >= 0.3 is 18.0 Å². The second kappa shape index (κ2) is 25.2. The third kappa shape index (κ3) is 13.9. The van der Waals surface area contributed by atoms with Gasteiger partial charge in [-0.25, -0.2) is 14.4 Å². The molecule has 356 valence electrons. The van der Waals surface area contributed by atoms with Gasteiger partial charge in [-0.2, -0.15) is 0 Å². The number of fused-ring (bicyclic) bond motifs is 2. The average Bonchev–Trinajstić information content (AvgIpc) is 3.41. The molecule has 0 atom stereocenters. The molecule has 9 aromatic rings. The highest BCUT2D eigenvalue weighted by Crippen LogP contribution is 2.28. The van der Waals surface area contributed by atoms with Crippen LogP contribution in [0.25, 0.3) is 21.5 Å². The van der Waals surface area contributed by atoms with E-state index in [1.54, 1.807) is 121 Å². The summed E-state index contributed by atoms with van der Waals surface area (Å²) in [7, 11) is 4.51. The predicted molar refractivity (Wildman–Crippen MR) is 273 cm³/mol. The van der Waals surface area contributed by atoms with Crippen molar-refractivity contribution < 1.29 is 53.1 Å². The zero-order valence-corrected chi connectivity index (χ0v) is 39.3. The van der Waals surface area contributed by atoms with Gasteiger partial charge in [-0.3, -0.25) is 9.59 Å². The van der Waals surface area contributed by atoms with Crippen molar-refractivity contribution in [1.29, 1.82) is 0 Å². The quantitative estimate of drug-likeness (QED) is 0.0713. The Morgan fingerprint density at radius 2 is 0.817 bits per heavy atom.